The Bertz CT molecular complexity index is 1800. The molecular formula is C33H35F3N6O3. The Morgan fingerprint density at radius 3 is 2.91 bits per heavy atom. The number of halogens is 3. The number of hydrogen-bond donors (Lipinski definition) is 2. The molecule has 4 atom stereocenters. The van der Waals surface area contributed by atoms with Crippen LogP contribution in [0.15, 0.2) is 30.5 Å². The summed E-state index contributed by atoms with van der Waals surface area (Å²) in [5.74, 6) is -0.748. The van der Waals surface area contributed by atoms with Gasteiger partial charge < -0.3 is 24.8 Å². The molecule has 4 saturated heterocycles. The van der Waals surface area contributed by atoms with Crippen LogP contribution in [-0.2, 0) is 11.2 Å². The molecule has 2 aromatic carbocycles. The fraction of sp³-hybridized carbons (Fsp3) is 0.485. The zero-order valence-corrected chi connectivity index (χ0v) is 25.0. The molecule has 0 saturated carbocycles. The number of fused-ring (bicyclic) bond motifs is 4. The van der Waals surface area contributed by atoms with Crippen LogP contribution in [0.1, 0.15) is 31.7 Å². The van der Waals surface area contributed by atoms with Crippen molar-refractivity contribution in [2.45, 2.75) is 56.5 Å². The third-order valence-corrected chi connectivity index (χ3v) is 10.0. The van der Waals surface area contributed by atoms with Crippen LogP contribution >= 0.6 is 0 Å². The summed E-state index contributed by atoms with van der Waals surface area (Å²) in [6, 6.07) is 5.96. The Kier molecular flexibility index (Phi) is 6.99. The van der Waals surface area contributed by atoms with Gasteiger partial charge in [0.25, 0.3) is 0 Å². The lowest BCUT2D eigenvalue weighted by atomic mass is 9.94. The van der Waals surface area contributed by atoms with Crippen LogP contribution in [0.2, 0.25) is 0 Å². The van der Waals surface area contributed by atoms with Crippen LogP contribution in [0, 0.1) is 11.6 Å². The number of aromatic nitrogens is 3. The Labute approximate surface area is 258 Å². The van der Waals surface area contributed by atoms with E-state index >= 15 is 4.39 Å². The highest BCUT2D eigenvalue weighted by Crippen LogP contribution is 2.42. The number of aryl methyl sites for hydroxylation is 1. The number of alkyl halides is 1. The van der Waals surface area contributed by atoms with E-state index in [1.807, 2.05) is 11.8 Å². The number of aromatic hydroxyl groups is 1. The highest BCUT2D eigenvalue weighted by Gasteiger charge is 2.49. The summed E-state index contributed by atoms with van der Waals surface area (Å²) in [4.78, 5) is 18.1. The number of benzene rings is 2. The molecule has 0 radical (unpaired) electrons. The first kappa shape index (κ1) is 28.7. The van der Waals surface area contributed by atoms with E-state index in [0.29, 0.717) is 66.6 Å². The van der Waals surface area contributed by atoms with E-state index in [0.717, 1.165) is 25.9 Å². The minimum Gasteiger partial charge on any atom is -0.508 e. The third-order valence-electron chi connectivity index (χ3n) is 10.0. The van der Waals surface area contributed by atoms with Gasteiger partial charge in [-0.1, -0.05) is 13.0 Å². The Morgan fingerprint density at radius 2 is 2.07 bits per heavy atom. The van der Waals surface area contributed by atoms with Crippen molar-refractivity contribution in [2.75, 3.05) is 50.8 Å². The molecule has 2 N–H and O–H groups in total. The van der Waals surface area contributed by atoms with E-state index in [2.05, 4.69) is 20.2 Å². The summed E-state index contributed by atoms with van der Waals surface area (Å²) >= 11 is 0. The fourth-order valence-electron chi connectivity index (χ4n) is 7.96. The highest BCUT2D eigenvalue weighted by molar-refractivity contribution is 6.01. The lowest BCUT2D eigenvalue weighted by Crippen LogP contribution is -2.47. The lowest BCUT2D eigenvalue weighted by molar-refractivity contribution is 0.0212. The molecule has 0 aliphatic carbocycles. The summed E-state index contributed by atoms with van der Waals surface area (Å²) < 4.78 is 58.4. The minimum absolute atomic E-state index is 0.00175. The van der Waals surface area contributed by atoms with Crippen molar-refractivity contribution in [3.63, 3.8) is 0 Å². The van der Waals surface area contributed by atoms with Crippen molar-refractivity contribution < 1.29 is 27.8 Å². The highest BCUT2D eigenvalue weighted by atomic mass is 19.1. The van der Waals surface area contributed by atoms with E-state index in [-0.39, 0.29) is 47.3 Å². The number of anilines is 1. The summed E-state index contributed by atoms with van der Waals surface area (Å²) in [6.45, 7) is 5.73. The number of nitrogens with zero attached hydrogens (tertiary/aromatic N) is 5. The van der Waals surface area contributed by atoms with Gasteiger partial charge in [0, 0.05) is 44.4 Å². The minimum atomic E-state index is -0.913. The number of nitrogens with one attached hydrogen (secondary N) is 1. The van der Waals surface area contributed by atoms with E-state index in [4.69, 9.17) is 14.5 Å². The Morgan fingerprint density at radius 1 is 1.18 bits per heavy atom. The first-order valence-corrected chi connectivity index (χ1v) is 15.8. The van der Waals surface area contributed by atoms with Crippen molar-refractivity contribution >= 4 is 27.5 Å². The van der Waals surface area contributed by atoms with Gasteiger partial charge >= 0.3 is 6.01 Å². The lowest BCUT2D eigenvalue weighted by Gasteiger charge is -2.31. The van der Waals surface area contributed by atoms with Crippen LogP contribution in [0.3, 0.4) is 0 Å². The van der Waals surface area contributed by atoms with Gasteiger partial charge in [0.05, 0.1) is 29.7 Å². The van der Waals surface area contributed by atoms with Crippen molar-refractivity contribution in [1.82, 2.24) is 25.2 Å². The van der Waals surface area contributed by atoms with Gasteiger partial charge in [-0.05, 0) is 60.3 Å². The van der Waals surface area contributed by atoms with Gasteiger partial charge in [-0.2, -0.15) is 9.97 Å². The molecule has 0 amide bonds. The van der Waals surface area contributed by atoms with Crippen molar-refractivity contribution in [1.29, 1.82) is 0 Å². The summed E-state index contributed by atoms with van der Waals surface area (Å²) in [5.41, 5.74) is 0.197. The average molecular weight is 621 g/mol. The van der Waals surface area contributed by atoms with Gasteiger partial charge in [0.1, 0.15) is 41.4 Å². The average Bonchev–Trinajstić information content (AvgIpc) is 3.72. The van der Waals surface area contributed by atoms with Crippen LogP contribution in [-0.4, -0.2) is 94.8 Å². The predicted octanol–water partition coefficient (Wildman–Crippen LogP) is 4.52. The monoisotopic (exact) mass is 620 g/mol. The molecule has 45 heavy (non-hydrogen) atoms. The van der Waals surface area contributed by atoms with E-state index < -0.39 is 23.3 Å². The molecule has 236 valence electrons. The van der Waals surface area contributed by atoms with Crippen LogP contribution in [0.4, 0.5) is 19.0 Å². The molecule has 9 nitrogen and oxygen atoms in total. The summed E-state index contributed by atoms with van der Waals surface area (Å²) in [7, 11) is 0. The van der Waals surface area contributed by atoms with E-state index in [1.54, 1.807) is 6.07 Å². The molecule has 0 spiro atoms. The molecule has 2 aromatic heterocycles. The number of morpholine rings is 1. The molecular weight excluding hydrogens is 585 g/mol. The van der Waals surface area contributed by atoms with Gasteiger partial charge in [0.15, 0.2) is 5.82 Å². The molecule has 12 heteroatoms. The van der Waals surface area contributed by atoms with Gasteiger partial charge in [0.2, 0.25) is 0 Å². The predicted molar refractivity (Wildman–Crippen MR) is 164 cm³/mol. The van der Waals surface area contributed by atoms with E-state index in [9.17, 15) is 13.9 Å². The number of pyridine rings is 1. The zero-order valence-electron chi connectivity index (χ0n) is 25.0. The number of phenols is 1. The topological polar surface area (TPSA) is 95.9 Å². The van der Waals surface area contributed by atoms with Crippen molar-refractivity contribution in [2.24, 2.45) is 0 Å². The molecule has 4 aromatic rings. The smallest absolute Gasteiger partial charge is 0.319 e. The number of rotatable bonds is 6. The first-order valence-electron chi connectivity index (χ1n) is 15.8. The van der Waals surface area contributed by atoms with Crippen molar-refractivity contribution in [3.8, 4) is 23.0 Å². The quantitative estimate of drug-likeness (QED) is 0.323. The molecule has 4 aliphatic rings. The number of phenolic OH excluding ortho intramolecular Hbond substituents is 1. The maximum atomic E-state index is 16.8. The number of hydrogen-bond acceptors (Lipinski definition) is 9. The summed E-state index contributed by atoms with van der Waals surface area (Å²) in [5, 5.41) is 15.5. The third kappa shape index (κ3) is 4.76. The molecule has 8 rings (SSSR count). The number of ether oxygens (including phenoxy) is 2. The Hall–Kier alpha value is -3.74. The van der Waals surface area contributed by atoms with Crippen LogP contribution in [0.25, 0.3) is 32.9 Å². The van der Waals surface area contributed by atoms with Gasteiger partial charge in [-0.3, -0.25) is 9.88 Å². The standard InChI is InChI=1S/C33H35F3N6O3/c1-2-21-24(35)5-4-18-10-20(43)11-22(27(18)21)29-28(36)30-23(13-38-29)31(41-15-25-26(16-41)44-9-7-37-25)40-32(39-30)45-17-33-6-3-8-42(33)14-19(34)12-33/h4-5,10-11,13,19,25-26,37,43H,2-3,6-9,12,14-17H2,1H3/t19-,25?,26?,33+/m1/s1. The summed E-state index contributed by atoms with van der Waals surface area (Å²) in [6.07, 6.45) is 3.11. The molecule has 4 fully saturated rings. The molecule has 4 aliphatic heterocycles. The first-order chi connectivity index (χ1) is 21.8. The zero-order chi connectivity index (χ0) is 30.9. The second-order valence-corrected chi connectivity index (χ2v) is 12.7. The maximum Gasteiger partial charge on any atom is 0.319 e. The molecule has 2 unspecified atom stereocenters. The van der Waals surface area contributed by atoms with Gasteiger partial charge in [-0.25, -0.2) is 13.2 Å². The van der Waals surface area contributed by atoms with Crippen LogP contribution < -0.4 is 15.0 Å². The van der Waals surface area contributed by atoms with E-state index in [1.165, 1.54) is 24.4 Å². The van der Waals surface area contributed by atoms with Crippen molar-refractivity contribution in [3.05, 3.63) is 47.7 Å². The maximum absolute atomic E-state index is 16.8. The second kappa shape index (κ2) is 11.0. The normalized spacial score (nSPS) is 26.6. The molecule has 6 heterocycles. The molecule has 0 bridgehead atoms. The van der Waals surface area contributed by atoms with Gasteiger partial charge in [-0.15, -0.1) is 0 Å². The Balaban J connectivity index is 1.26. The second-order valence-electron chi connectivity index (χ2n) is 12.7. The van der Waals surface area contributed by atoms with Crippen LogP contribution in [0.5, 0.6) is 11.8 Å². The SMILES string of the molecule is CCc1c(F)ccc2cc(O)cc(-c3ncc4c(N5CC6NCCOC6C5)nc(OC[C@@]56CCCN5C[C@H](F)C6)nc4c3F)c12. The fourth-order valence-corrected chi connectivity index (χ4v) is 7.96. The largest absolute Gasteiger partial charge is 0.508 e.